The third kappa shape index (κ3) is 2.97. The zero-order chi connectivity index (χ0) is 16.7. The van der Waals surface area contributed by atoms with E-state index >= 15 is 0 Å². The van der Waals surface area contributed by atoms with Crippen molar-refractivity contribution in [3.63, 3.8) is 0 Å². The molecule has 4 rings (SSSR count). The lowest BCUT2D eigenvalue weighted by Crippen LogP contribution is -2.32. The minimum Gasteiger partial charge on any atom is -0.317 e. The number of halogens is 2. The molecule has 0 spiro atoms. The van der Waals surface area contributed by atoms with Crippen molar-refractivity contribution in [1.82, 2.24) is 10.3 Å². The monoisotopic (exact) mass is 448 g/mol. The lowest BCUT2D eigenvalue weighted by Gasteiger charge is -2.32. The number of fused-ring (bicyclic) bond motifs is 2. The third-order valence-electron chi connectivity index (χ3n) is 5.57. The van der Waals surface area contributed by atoms with Crippen LogP contribution in [0.4, 0.5) is 0 Å². The summed E-state index contributed by atoms with van der Waals surface area (Å²) in [5, 5.41) is 3.51. The highest BCUT2D eigenvalue weighted by Crippen LogP contribution is 2.44. The molecule has 1 atom stereocenters. The van der Waals surface area contributed by atoms with Crippen LogP contribution in [0.1, 0.15) is 46.7 Å². The van der Waals surface area contributed by atoms with Crippen LogP contribution in [0.5, 0.6) is 0 Å². The minimum atomic E-state index is 0.421. The van der Waals surface area contributed by atoms with Crippen molar-refractivity contribution in [2.24, 2.45) is 5.92 Å². The summed E-state index contributed by atoms with van der Waals surface area (Å²) in [7, 11) is 0. The Morgan fingerprint density at radius 3 is 2.71 bits per heavy atom. The highest BCUT2D eigenvalue weighted by atomic mass is 79.9. The summed E-state index contributed by atoms with van der Waals surface area (Å²) in [5.41, 5.74) is 7.03. The molecule has 2 aromatic rings. The van der Waals surface area contributed by atoms with Crippen molar-refractivity contribution in [2.45, 2.75) is 38.5 Å². The van der Waals surface area contributed by atoms with Crippen molar-refractivity contribution in [3.05, 3.63) is 61.3 Å². The van der Waals surface area contributed by atoms with Crippen molar-refractivity contribution in [1.29, 1.82) is 0 Å². The molecule has 1 N–H and O–H groups in total. The van der Waals surface area contributed by atoms with Crippen LogP contribution in [0.2, 0.25) is 0 Å². The van der Waals surface area contributed by atoms with E-state index in [0.29, 0.717) is 11.8 Å². The molecular formula is C20H22Br2N2. The van der Waals surface area contributed by atoms with Gasteiger partial charge in [0, 0.05) is 21.1 Å². The largest absolute Gasteiger partial charge is 0.317 e. The number of aryl methyl sites for hydroxylation is 2. The van der Waals surface area contributed by atoms with Crippen LogP contribution in [0.15, 0.2) is 33.3 Å². The van der Waals surface area contributed by atoms with E-state index in [0.717, 1.165) is 30.4 Å². The Kier molecular flexibility index (Phi) is 4.81. The Balaban J connectivity index is 1.90. The number of rotatable bonds is 1. The van der Waals surface area contributed by atoms with Gasteiger partial charge in [0.2, 0.25) is 0 Å². The number of hydrogen-bond acceptors (Lipinski definition) is 2. The van der Waals surface area contributed by atoms with E-state index < -0.39 is 0 Å². The first-order valence-corrected chi connectivity index (χ1v) is 10.4. The summed E-state index contributed by atoms with van der Waals surface area (Å²) in [6, 6.07) is 6.91. The van der Waals surface area contributed by atoms with E-state index in [-0.39, 0.29) is 0 Å². The second-order valence-corrected chi connectivity index (χ2v) is 8.74. The zero-order valence-electron chi connectivity index (χ0n) is 13.9. The van der Waals surface area contributed by atoms with Crippen LogP contribution in [0.3, 0.4) is 0 Å². The van der Waals surface area contributed by atoms with E-state index in [1.54, 1.807) is 0 Å². The van der Waals surface area contributed by atoms with Crippen LogP contribution in [-0.2, 0) is 12.8 Å². The lowest BCUT2D eigenvalue weighted by molar-refractivity contribution is 0.338. The van der Waals surface area contributed by atoms with Gasteiger partial charge in [-0.25, -0.2) is 0 Å². The Morgan fingerprint density at radius 1 is 1.12 bits per heavy atom. The van der Waals surface area contributed by atoms with E-state index in [1.165, 1.54) is 45.3 Å². The second-order valence-electron chi connectivity index (χ2n) is 7.03. The van der Waals surface area contributed by atoms with E-state index in [9.17, 15) is 0 Å². The van der Waals surface area contributed by atoms with Gasteiger partial charge in [-0.05, 0) is 95.9 Å². The smallest absolute Gasteiger partial charge is 0.0514 e. The fourth-order valence-electron chi connectivity index (χ4n) is 4.33. The topological polar surface area (TPSA) is 24.9 Å². The van der Waals surface area contributed by atoms with Crippen molar-refractivity contribution in [3.8, 4) is 0 Å². The van der Waals surface area contributed by atoms with Crippen LogP contribution in [0, 0.1) is 12.8 Å². The number of pyridine rings is 1. The summed E-state index contributed by atoms with van der Waals surface area (Å²) in [6.45, 7) is 4.43. The highest BCUT2D eigenvalue weighted by Gasteiger charge is 2.33. The molecule has 2 heterocycles. The Bertz CT molecular complexity index is 766. The Hall–Kier alpha value is -0.710. The standard InChI is InChI=1S/C20H22Br2N2/c1-12-2-4-16-17(19(12)22)5-3-14-10-15(21)11-24-20(14)18(16)13-6-8-23-9-7-13/h2,4,10-11,13,18,23H,3,5-9H2,1H3/t18-/m0/s1. The molecule has 1 aromatic carbocycles. The normalized spacial score (nSPS) is 21.0. The lowest BCUT2D eigenvalue weighted by atomic mass is 9.76. The van der Waals surface area contributed by atoms with Crippen LogP contribution in [0.25, 0.3) is 0 Å². The molecule has 1 aliphatic carbocycles. The molecule has 126 valence electrons. The number of benzene rings is 1. The summed E-state index contributed by atoms with van der Waals surface area (Å²) >= 11 is 7.48. The average molecular weight is 450 g/mol. The van der Waals surface area contributed by atoms with Gasteiger partial charge in [-0.15, -0.1) is 0 Å². The van der Waals surface area contributed by atoms with Crippen LogP contribution < -0.4 is 5.32 Å². The molecule has 4 heteroatoms. The molecule has 1 aliphatic heterocycles. The van der Waals surface area contributed by atoms with Crippen molar-refractivity contribution < 1.29 is 0 Å². The molecule has 0 bridgehead atoms. The third-order valence-corrected chi connectivity index (χ3v) is 7.11. The van der Waals surface area contributed by atoms with Gasteiger partial charge in [0.25, 0.3) is 0 Å². The molecule has 0 radical (unpaired) electrons. The maximum atomic E-state index is 4.90. The molecule has 0 saturated carbocycles. The van der Waals surface area contributed by atoms with Crippen molar-refractivity contribution in [2.75, 3.05) is 13.1 Å². The molecule has 1 fully saturated rings. The second kappa shape index (κ2) is 6.89. The summed E-state index contributed by atoms with van der Waals surface area (Å²) in [6.07, 6.45) is 6.59. The predicted octanol–water partition coefficient (Wildman–Crippen LogP) is 5.15. The molecule has 2 nitrogen and oxygen atoms in total. The van der Waals surface area contributed by atoms with Gasteiger partial charge < -0.3 is 5.32 Å². The zero-order valence-corrected chi connectivity index (χ0v) is 17.1. The molecular weight excluding hydrogens is 428 g/mol. The number of aromatic nitrogens is 1. The van der Waals surface area contributed by atoms with Crippen molar-refractivity contribution >= 4 is 31.9 Å². The van der Waals surface area contributed by atoms with Gasteiger partial charge in [-0.1, -0.05) is 28.1 Å². The number of nitrogens with one attached hydrogen (secondary N) is 1. The first-order chi connectivity index (χ1) is 11.6. The van der Waals surface area contributed by atoms with Gasteiger partial charge in [0.15, 0.2) is 0 Å². The average Bonchev–Trinajstić information content (AvgIpc) is 2.76. The van der Waals surface area contributed by atoms with Gasteiger partial charge in [-0.3, -0.25) is 4.98 Å². The SMILES string of the molecule is Cc1ccc2c(c1Br)CCc1cc(Br)cnc1[C@H]2C1CCNCC1. The fourth-order valence-corrected chi connectivity index (χ4v) is 5.27. The molecule has 1 aromatic heterocycles. The minimum absolute atomic E-state index is 0.421. The summed E-state index contributed by atoms with van der Waals surface area (Å²) < 4.78 is 2.39. The molecule has 1 saturated heterocycles. The quantitative estimate of drug-likeness (QED) is 0.651. The van der Waals surface area contributed by atoms with Crippen LogP contribution >= 0.6 is 31.9 Å². The first-order valence-electron chi connectivity index (χ1n) is 8.78. The van der Waals surface area contributed by atoms with Gasteiger partial charge in [0.1, 0.15) is 0 Å². The number of piperidine rings is 1. The fraction of sp³-hybridized carbons (Fsp3) is 0.450. The van der Waals surface area contributed by atoms with Gasteiger partial charge in [-0.2, -0.15) is 0 Å². The molecule has 2 aliphatic rings. The molecule has 0 unspecified atom stereocenters. The maximum absolute atomic E-state index is 4.90. The van der Waals surface area contributed by atoms with E-state index in [1.807, 2.05) is 6.20 Å². The number of nitrogens with zero attached hydrogens (tertiary/aromatic N) is 1. The molecule has 0 amide bonds. The Labute approximate surface area is 160 Å². The van der Waals surface area contributed by atoms with E-state index in [2.05, 4.69) is 62.3 Å². The predicted molar refractivity (Wildman–Crippen MR) is 106 cm³/mol. The highest BCUT2D eigenvalue weighted by molar-refractivity contribution is 9.10. The maximum Gasteiger partial charge on any atom is 0.0514 e. The molecule has 24 heavy (non-hydrogen) atoms. The van der Waals surface area contributed by atoms with Gasteiger partial charge in [0.05, 0.1) is 5.69 Å². The summed E-state index contributed by atoms with van der Waals surface area (Å²) in [5.74, 6) is 1.09. The summed E-state index contributed by atoms with van der Waals surface area (Å²) in [4.78, 5) is 4.90. The van der Waals surface area contributed by atoms with E-state index in [4.69, 9.17) is 4.98 Å². The first kappa shape index (κ1) is 16.7. The number of hydrogen-bond donors (Lipinski definition) is 1. The van der Waals surface area contributed by atoms with Gasteiger partial charge >= 0.3 is 0 Å². The van der Waals surface area contributed by atoms with Crippen LogP contribution in [-0.4, -0.2) is 18.1 Å². The Morgan fingerprint density at radius 2 is 1.92 bits per heavy atom.